The Morgan fingerprint density at radius 3 is 2.46 bits per heavy atom. The molecule has 1 aliphatic rings. The van der Waals surface area contributed by atoms with Crippen LogP contribution in [0.1, 0.15) is 49.7 Å². The Morgan fingerprint density at radius 1 is 1.21 bits per heavy atom. The van der Waals surface area contributed by atoms with E-state index in [-0.39, 0.29) is 27.4 Å². The van der Waals surface area contributed by atoms with Gasteiger partial charge >= 0.3 is 0 Å². The highest BCUT2D eigenvalue weighted by molar-refractivity contribution is 7.89. The normalized spacial score (nSPS) is 15.6. The lowest BCUT2D eigenvalue weighted by Gasteiger charge is -2.18. The minimum atomic E-state index is -3.73. The maximum absolute atomic E-state index is 12.9. The van der Waals surface area contributed by atoms with Crippen molar-refractivity contribution in [1.29, 1.82) is 0 Å². The molecule has 2 heterocycles. The van der Waals surface area contributed by atoms with Crippen LogP contribution in [0.4, 0.5) is 5.82 Å². The van der Waals surface area contributed by atoms with Crippen LogP contribution in [0.5, 0.6) is 5.75 Å². The van der Waals surface area contributed by atoms with Crippen molar-refractivity contribution >= 4 is 21.7 Å². The number of carbonyl (C=O) groups is 1. The molecule has 3 rings (SSSR count). The molecule has 0 spiro atoms. The Hall–Kier alpha value is -2.39. The lowest BCUT2D eigenvalue weighted by atomic mass is 9.93. The van der Waals surface area contributed by atoms with Crippen molar-refractivity contribution in [3.63, 3.8) is 0 Å². The molecule has 0 atom stereocenters. The van der Waals surface area contributed by atoms with E-state index in [0.717, 1.165) is 12.8 Å². The van der Waals surface area contributed by atoms with Gasteiger partial charge in [0.2, 0.25) is 10.0 Å². The standard InChI is InChI=1S/C19H25N3O5S/c1-19(2,3)16-12-17(21-27-16)20-18(23)13-7-8-14(26-4)15(11-13)28(24,25)22-9-5-6-10-22/h7-8,11-12H,5-6,9-10H2,1-4H3,(H,20,21,23). The highest BCUT2D eigenvalue weighted by Crippen LogP contribution is 2.30. The quantitative estimate of drug-likeness (QED) is 0.817. The largest absolute Gasteiger partial charge is 0.495 e. The first-order valence-electron chi connectivity index (χ1n) is 9.09. The van der Waals surface area contributed by atoms with Gasteiger partial charge in [-0.3, -0.25) is 4.79 Å². The number of sulfonamides is 1. The van der Waals surface area contributed by atoms with Gasteiger partial charge in [-0.1, -0.05) is 25.9 Å². The first kappa shape index (κ1) is 20.3. The minimum absolute atomic E-state index is 0.0138. The second kappa shape index (κ2) is 7.56. The highest BCUT2D eigenvalue weighted by Gasteiger charge is 2.31. The number of hydrogen-bond acceptors (Lipinski definition) is 6. The maximum Gasteiger partial charge on any atom is 0.256 e. The fourth-order valence-corrected chi connectivity index (χ4v) is 4.66. The number of rotatable bonds is 5. The molecular weight excluding hydrogens is 382 g/mol. The topological polar surface area (TPSA) is 102 Å². The smallest absolute Gasteiger partial charge is 0.256 e. The van der Waals surface area contributed by atoms with E-state index < -0.39 is 15.9 Å². The number of amides is 1. The Morgan fingerprint density at radius 2 is 1.89 bits per heavy atom. The second-order valence-electron chi connectivity index (χ2n) is 7.76. The molecule has 9 heteroatoms. The van der Waals surface area contributed by atoms with Crippen molar-refractivity contribution < 1.29 is 22.5 Å². The first-order valence-corrected chi connectivity index (χ1v) is 10.5. The summed E-state index contributed by atoms with van der Waals surface area (Å²) in [7, 11) is -2.33. The van der Waals surface area contributed by atoms with Gasteiger partial charge < -0.3 is 14.6 Å². The lowest BCUT2D eigenvalue weighted by molar-refractivity contribution is 0.102. The van der Waals surface area contributed by atoms with Crippen LogP contribution in [0.2, 0.25) is 0 Å². The Bertz CT molecular complexity index is 970. The van der Waals surface area contributed by atoms with Gasteiger partial charge in [0.05, 0.1) is 7.11 Å². The molecule has 1 N–H and O–H groups in total. The predicted octanol–water partition coefficient (Wildman–Crippen LogP) is 3.02. The van der Waals surface area contributed by atoms with Crippen molar-refractivity contribution in [3.05, 3.63) is 35.6 Å². The zero-order valence-electron chi connectivity index (χ0n) is 16.5. The van der Waals surface area contributed by atoms with E-state index in [1.165, 1.54) is 29.6 Å². The van der Waals surface area contributed by atoms with Gasteiger partial charge in [-0.2, -0.15) is 4.31 Å². The number of aromatic nitrogens is 1. The Labute approximate surface area is 164 Å². The van der Waals surface area contributed by atoms with Crippen LogP contribution in [-0.4, -0.2) is 44.0 Å². The third-order valence-corrected chi connectivity index (χ3v) is 6.52. The molecule has 1 saturated heterocycles. The van der Waals surface area contributed by atoms with E-state index in [4.69, 9.17) is 9.26 Å². The van der Waals surface area contributed by atoms with Crippen LogP contribution in [0, 0.1) is 0 Å². The number of ether oxygens (including phenoxy) is 1. The Balaban J connectivity index is 1.88. The molecule has 0 saturated carbocycles. The molecule has 0 bridgehead atoms. The lowest BCUT2D eigenvalue weighted by Crippen LogP contribution is -2.28. The summed E-state index contributed by atoms with van der Waals surface area (Å²) in [5.41, 5.74) is -0.0496. The van der Waals surface area contributed by atoms with Crippen molar-refractivity contribution in [3.8, 4) is 5.75 Å². The number of carbonyl (C=O) groups excluding carboxylic acids is 1. The zero-order chi connectivity index (χ0) is 20.5. The average Bonchev–Trinajstić information content (AvgIpc) is 3.32. The van der Waals surface area contributed by atoms with E-state index in [1.54, 1.807) is 6.07 Å². The number of nitrogens with zero attached hydrogens (tertiary/aromatic N) is 2. The summed E-state index contributed by atoms with van der Waals surface area (Å²) in [6, 6.07) is 6.00. The summed E-state index contributed by atoms with van der Waals surface area (Å²) in [5, 5.41) is 6.50. The molecule has 0 radical (unpaired) electrons. The molecule has 2 aromatic rings. The van der Waals surface area contributed by atoms with Gasteiger partial charge in [-0.15, -0.1) is 0 Å². The summed E-state index contributed by atoms with van der Waals surface area (Å²) in [6.07, 6.45) is 1.65. The molecule has 0 unspecified atom stereocenters. The number of anilines is 1. The summed E-state index contributed by atoms with van der Waals surface area (Å²) < 4.78 is 37.8. The van der Waals surface area contributed by atoms with Crippen molar-refractivity contribution in [2.75, 3.05) is 25.5 Å². The van der Waals surface area contributed by atoms with Crippen molar-refractivity contribution in [2.45, 2.75) is 43.9 Å². The van der Waals surface area contributed by atoms with E-state index >= 15 is 0 Å². The number of methoxy groups -OCH3 is 1. The van der Waals surface area contributed by atoms with Gasteiger partial charge in [0.15, 0.2) is 5.82 Å². The van der Waals surface area contributed by atoms with E-state index in [2.05, 4.69) is 10.5 Å². The average molecular weight is 407 g/mol. The first-order chi connectivity index (χ1) is 13.1. The maximum atomic E-state index is 12.9. The van der Waals surface area contributed by atoms with Crippen LogP contribution >= 0.6 is 0 Å². The predicted molar refractivity (Wildman–Crippen MR) is 104 cm³/mol. The third-order valence-electron chi connectivity index (χ3n) is 4.60. The molecule has 1 fully saturated rings. The molecule has 8 nitrogen and oxygen atoms in total. The minimum Gasteiger partial charge on any atom is -0.495 e. The summed E-state index contributed by atoms with van der Waals surface area (Å²) in [5.74, 6) is 0.638. The molecule has 28 heavy (non-hydrogen) atoms. The number of nitrogens with one attached hydrogen (secondary N) is 1. The summed E-state index contributed by atoms with van der Waals surface area (Å²) in [6.45, 7) is 6.85. The molecule has 152 valence electrons. The SMILES string of the molecule is COc1ccc(C(=O)Nc2cc(C(C)(C)C)on2)cc1S(=O)(=O)N1CCCC1. The fourth-order valence-electron chi connectivity index (χ4n) is 2.96. The molecule has 1 aromatic heterocycles. The van der Waals surface area contributed by atoms with Crippen LogP contribution in [0.15, 0.2) is 33.7 Å². The molecule has 1 aromatic carbocycles. The van der Waals surface area contributed by atoms with Gasteiger partial charge in [-0.25, -0.2) is 8.42 Å². The molecule has 1 amide bonds. The van der Waals surface area contributed by atoms with E-state index in [9.17, 15) is 13.2 Å². The molecule has 1 aliphatic heterocycles. The monoisotopic (exact) mass is 407 g/mol. The van der Waals surface area contributed by atoms with Gasteiger partial charge in [0, 0.05) is 30.1 Å². The van der Waals surface area contributed by atoms with Crippen LogP contribution in [0.25, 0.3) is 0 Å². The van der Waals surface area contributed by atoms with Crippen molar-refractivity contribution in [2.24, 2.45) is 0 Å². The summed E-state index contributed by atoms with van der Waals surface area (Å²) in [4.78, 5) is 12.6. The number of hydrogen-bond donors (Lipinski definition) is 1. The van der Waals surface area contributed by atoms with Crippen LogP contribution < -0.4 is 10.1 Å². The van der Waals surface area contributed by atoms with E-state index in [0.29, 0.717) is 18.8 Å². The van der Waals surface area contributed by atoms with Gasteiger partial charge in [0.25, 0.3) is 5.91 Å². The summed E-state index contributed by atoms with van der Waals surface area (Å²) >= 11 is 0. The fraction of sp³-hybridized carbons (Fsp3) is 0.474. The molecular formula is C19H25N3O5S. The van der Waals surface area contributed by atoms with Crippen LogP contribution in [0.3, 0.4) is 0 Å². The third kappa shape index (κ3) is 4.05. The van der Waals surface area contributed by atoms with Gasteiger partial charge in [0.1, 0.15) is 16.4 Å². The Kier molecular flexibility index (Phi) is 5.49. The number of benzene rings is 1. The van der Waals surface area contributed by atoms with Crippen molar-refractivity contribution in [1.82, 2.24) is 9.46 Å². The second-order valence-corrected chi connectivity index (χ2v) is 9.66. The van der Waals surface area contributed by atoms with Crippen LogP contribution in [-0.2, 0) is 15.4 Å². The van der Waals surface area contributed by atoms with E-state index in [1.807, 2.05) is 20.8 Å². The van der Waals surface area contributed by atoms with Gasteiger partial charge in [-0.05, 0) is 31.0 Å². The molecule has 0 aliphatic carbocycles. The zero-order valence-corrected chi connectivity index (χ0v) is 17.3. The highest BCUT2D eigenvalue weighted by atomic mass is 32.2.